The van der Waals surface area contributed by atoms with Crippen molar-refractivity contribution in [2.45, 2.75) is 76.4 Å². The molecule has 0 amide bonds. The van der Waals surface area contributed by atoms with Crippen LogP contribution in [-0.4, -0.2) is 36.0 Å². The SMILES string of the molecule is COC(=O)C1(C)CCCC2(C)C3=CCC45CC3(CCC12)CC4(O)CO5. The predicted octanol–water partition coefficient (Wildman–Crippen LogP) is 3.38. The molecule has 5 aliphatic rings. The third-order valence-electron chi connectivity index (χ3n) is 9.01. The molecule has 0 radical (unpaired) electrons. The monoisotopic (exact) mass is 346 g/mol. The van der Waals surface area contributed by atoms with Gasteiger partial charge in [0.15, 0.2) is 0 Å². The lowest BCUT2D eigenvalue weighted by Crippen LogP contribution is -2.65. The highest BCUT2D eigenvalue weighted by molar-refractivity contribution is 5.77. The molecule has 4 aliphatic carbocycles. The fourth-order valence-corrected chi connectivity index (χ4v) is 7.92. The number of rotatable bonds is 1. The van der Waals surface area contributed by atoms with Crippen LogP contribution in [0.3, 0.4) is 0 Å². The van der Waals surface area contributed by atoms with Crippen molar-refractivity contribution in [2.24, 2.45) is 22.2 Å². The van der Waals surface area contributed by atoms with Crippen LogP contribution in [0.25, 0.3) is 0 Å². The van der Waals surface area contributed by atoms with E-state index in [1.807, 2.05) is 0 Å². The molecule has 5 rings (SSSR count). The number of carbonyl (C=O) groups excluding carboxylic acids is 1. The fraction of sp³-hybridized carbons (Fsp3) is 0.857. The van der Waals surface area contributed by atoms with E-state index in [2.05, 4.69) is 19.9 Å². The molecular formula is C21H30O4. The highest BCUT2D eigenvalue weighted by Crippen LogP contribution is 2.74. The van der Waals surface area contributed by atoms with E-state index in [1.54, 1.807) is 0 Å². The zero-order valence-corrected chi connectivity index (χ0v) is 15.7. The lowest BCUT2D eigenvalue weighted by Gasteiger charge is -2.60. The molecule has 1 saturated heterocycles. The van der Waals surface area contributed by atoms with Crippen molar-refractivity contribution in [2.75, 3.05) is 13.7 Å². The van der Waals surface area contributed by atoms with Gasteiger partial charge in [0.25, 0.3) is 0 Å². The number of hydrogen-bond donors (Lipinski definition) is 1. The Balaban J connectivity index is 1.58. The summed E-state index contributed by atoms with van der Waals surface area (Å²) in [6, 6.07) is 0. The summed E-state index contributed by atoms with van der Waals surface area (Å²) in [7, 11) is 1.52. The van der Waals surface area contributed by atoms with E-state index < -0.39 is 5.60 Å². The lowest BCUT2D eigenvalue weighted by molar-refractivity contribution is -0.286. The first kappa shape index (κ1) is 16.3. The zero-order chi connectivity index (χ0) is 17.7. The summed E-state index contributed by atoms with van der Waals surface area (Å²) >= 11 is 0. The van der Waals surface area contributed by atoms with Crippen molar-refractivity contribution in [1.29, 1.82) is 0 Å². The van der Waals surface area contributed by atoms with Crippen molar-refractivity contribution in [3.05, 3.63) is 11.6 Å². The number of allylic oxidation sites excluding steroid dienone is 1. The van der Waals surface area contributed by atoms with Crippen molar-refractivity contribution in [1.82, 2.24) is 0 Å². The van der Waals surface area contributed by atoms with Gasteiger partial charge in [-0.3, -0.25) is 4.79 Å². The van der Waals surface area contributed by atoms with Gasteiger partial charge in [0, 0.05) is 0 Å². The van der Waals surface area contributed by atoms with E-state index in [1.165, 1.54) is 12.7 Å². The minimum absolute atomic E-state index is 0.0410. The van der Waals surface area contributed by atoms with Crippen LogP contribution in [-0.2, 0) is 14.3 Å². The quantitative estimate of drug-likeness (QED) is 0.584. The van der Waals surface area contributed by atoms with Crippen LogP contribution < -0.4 is 0 Å². The van der Waals surface area contributed by atoms with Gasteiger partial charge in [-0.05, 0) is 68.6 Å². The number of esters is 1. The van der Waals surface area contributed by atoms with Crippen LogP contribution in [0.2, 0.25) is 0 Å². The highest BCUT2D eigenvalue weighted by atomic mass is 16.6. The fourth-order valence-electron chi connectivity index (χ4n) is 7.92. The molecule has 0 aromatic rings. The van der Waals surface area contributed by atoms with E-state index >= 15 is 0 Å². The first-order valence-electron chi connectivity index (χ1n) is 9.90. The molecule has 138 valence electrons. The molecule has 1 aliphatic heterocycles. The van der Waals surface area contributed by atoms with Gasteiger partial charge >= 0.3 is 5.97 Å². The van der Waals surface area contributed by atoms with Gasteiger partial charge in [0.1, 0.15) is 11.2 Å². The van der Waals surface area contributed by atoms with Crippen molar-refractivity contribution in [3.63, 3.8) is 0 Å². The molecule has 2 bridgehead atoms. The molecule has 0 aromatic heterocycles. The minimum atomic E-state index is -0.630. The van der Waals surface area contributed by atoms with E-state index in [4.69, 9.17) is 9.47 Å². The summed E-state index contributed by atoms with van der Waals surface area (Å²) in [6.07, 6.45) is 10.3. The molecule has 1 N–H and O–H groups in total. The Labute approximate surface area is 150 Å². The van der Waals surface area contributed by atoms with Crippen LogP contribution in [0.4, 0.5) is 0 Å². The lowest BCUT2D eigenvalue weighted by atomic mass is 9.44. The molecule has 1 heterocycles. The number of methoxy groups -OCH3 is 1. The standard InChI is InChI=1S/C21H30O4/c1-17-7-4-8-18(2,16(22)24-3)14(17)5-9-19-11-20(23)13-25-21(20,12-19)10-6-15(17)19/h6,14,23H,4-5,7-13H2,1-3H3. The predicted molar refractivity (Wildman–Crippen MR) is 92.8 cm³/mol. The van der Waals surface area contributed by atoms with Gasteiger partial charge < -0.3 is 14.6 Å². The maximum absolute atomic E-state index is 12.7. The molecule has 4 fully saturated rings. The minimum Gasteiger partial charge on any atom is -0.469 e. The number of carbonyl (C=O) groups is 1. The van der Waals surface area contributed by atoms with E-state index in [0.29, 0.717) is 12.5 Å². The number of fused-ring (bicyclic) bond motifs is 2. The molecule has 3 saturated carbocycles. The average molecular weight is 346 g/mol. The maximum atomic E-state index is 12.7. The molecular weight excluding hydrogens is 316 g/mol. The van der Waals surface area contributed by atoms with Crippen molar-refractivity contribution in [3.8, 4) is 0 Å². The zero-order valence-electron chi connectivity index (χ0n) is 15.7. The normalized spacial score (nSPS) is 56.0. The van der Waals surface area contributed by atoms with E-state index in [9.17, 15) is 9.90 Å². The molecule has 0 aromatic carbocycles. The molecule has 6 atom stereocenters. The van der Waals surface area contributed by atoms with Crippen LogP contribution in [0, 0.1) is 22.2 Å². The van der Waals surface area contributed by atoms with Crippen molar-refractivity contribution >= 4 is 5.97 Å². The third kappa shape index (κ3) is 1.65. The van der Waals surface area contributed by atoms with Gasteiger partial charge in [-0.25, -0.2) is 0 Å². The largest absolute Gasteiger partial charge is 0.469 e. The molecule has 2 spiro atoms. The summed E-state index contributed by atoms with van der Waals surface area (Å²) in [4.78, 5) is 12.7. The second-order valence-electron chi connectivity index (χ2n) is 10.0. The maximum Gasteiger partial charge on any atom is 0.311 e. The summed E-state index contributed by atoms with van der Waals surface area (Å²) in [6.45, 7) is 5.00. The number of ether oxygens (including phenoxy) is 2. The van der Waals surface area contributed by atoms with Gasteiger partial charge in [-0.1, -0.05) is 25.0 Å². The third-order valence-corrected chi connectivity index (χ3v) is 9.01. The summed E-state index contributed by atoms with van der Waals surface area (Å²) in [5.74, 6) is 0.293. The second-order valence-corrected chi connectivity index (χ2v) is 10.0. The first-order chi connectivity index (χ1) is 11.7. The Bertz CT molecular complexity index is 681. The van der Waals surface area contributed by atoms with Crippen LogP contribution >= 0.6 is 0 Å². The Morgan fingerprint density at radius 3 is 2.76 bits per heavy atom. The first-order valence-corrected chi connectivity index (χ1v) is 9.90. The Morgan fingerprint density at radius 2 is 2.08 bits per heavy atom. The summed E-state index contributed by atoms with van der Waals surface area (Å²) < 4.78 is 11.2. The highest BCUT2D eigenvalue weighted by Gasteiger charge is 2.74. The smallest absolute Gasteiger partial charge is 0.311 e. The summed E-state index contributed by atoms with van der Waals surface area (Å²) in [5, 5.41) is 11.1. The Kier molecular flexibility index (Phi) is 2.94. The Hall–Kier alpha value is -0.870. The number of hydrogen-bond acceptors (Lipinski definition) is 4. The van der Waals surface area contributed by atoms with Gasteiger partial charge in [-0.2, -0.15) is 0 Å². The van der Waals surface area contributed by atoms with Gasteiger partial charge in [-0.15, -0.1) is 0 Å². The van der Waals surface area contributed by atoms with Gasteiger partial charge in [0.05, 0.1) is 19.1 Å². The average Bonchev–Trinajstić information content (AvgIpc) is 2.69. The van der Waals surface area contributed by atoms with E-state index in [-0.39, 0.29) is 27.8 Å². The van der Waals surface area contributed by atoms with Gasteiger partial charge in [0.2, 0.25) is 0 Å². The molecule has 6 unspecified atom stereocenters. The molecule has 4 heteroatoms. The van der Waals surface area contributed by atoms with Crippen molar-refractivity contribution < 1.29 is 19.4 Å². The second kappa shape index (κ2) is 4.51. The van der Waals surface area contributed by atoms with Crippen LogP contribution in [0.1, 0.15) is 65.2 Å². The Morgan fingerprint density at radius 1 is 1.28 bits per heavy atom. The van der Waals surface area contributed by atoms with E-state index in [0.717, 1.165) is 51.4 Å². The van der Waals surface area contributed by atoms with Crippen LogP contribution in [0.5, 0.6) is 0 Å². The molecule has 4 nitrogen and oxygen atoms in total. The number of aliphatic hydroxyl groups is 1. The summed E-state index contributed by atoms with van der Waals surface area (Å²) in [5.41, 5.74) is 0.326. The van der Waals surface area contributed by atoms with Crippen LogP contribution in [0.15, 0.2) is 11.6 Å². The topological polar surface area (TPSA) is 55.8 Å². The molecule has 25 heavy (non-hydrogen) atoms.